The van der Waals surface area contributed by atoms with Crippen LogP contribution in [0, 0.1) is 0 Å². The Balaban J connectivity index is 2.62. The van der Waals surface area contributed by atoms with Crippen molar-refractivity contribution >= 4 is 5.91 Å². The van der Waals surface area contributed by atoms with Gasteiger partial charge in [0.25, 0.3) is 0 Å². The normalized spacial score (nSPS) is 20.0. The van der Waals surface area contributed by atoms with Crippen molar-refractivity contribution in [3.63, 3.8) is 0 Å². The lowest BCUT2D eigenvalue weighted by molar-refractivity contribution is -0.129. The van der Waals surface area contributed by atoms with E-state index in [0.717, 1.165) is 0 Å². The Labute approximate surface area is 86.6 Å². The first-order chi connectivity index (χ1) is 6.46. The third-order valence-corrected chi connectivity index (χ3v) is 3.61. The summed E-state index contributed by atoms with van der Waals surface area (Å²) < 4.78 is 0. The van der Waals surface area contributed by atoms with Gasteiger partial charge in [0, 0.05) is 6.04 Å². The molecular formula is C11H22N2O. The zero-order chi connectivity index (χ0) is 10.8. The molecule has 82 valence electrons. The molecule has 1 aliphatic rings. The highest BCUT2D eigenvalue weighted by Gasteiger charge is 2.34. The van der Waals surface area contributed by atoms with Crippen LogP contribution < -0.4 is 5.73 Å². The second-order valence-electron chi connectivity index (χ2n) is 4.83. The fourth-order valence-corrected chi connectivity index (χ4v) is 2.10. The molecule has 0 atom stereocenters. The first kappa shape index (κ1) is 11.5. The monoisotopic (exact) mass is 198 g/mol. The third-order valence-electron chi connectivity index (χ3n) is 3.61. The van der Waals surface area contributed by atoms with Crippen LogP contribution in [-0.4, -0.2) is 29.4 Å². The van der Waals surface area contributed by atoms with Gasteiger partial charge in [0.2, 0.25) is 5.91 Å². The summed E-state index contributed by atoms with van der Waals surface area (Å²) in [5, 5.41) is 0. The summed E-state index contributed by atoms with van der Waals surface area (Å²) in [7, 11) is 2.01. The predicted molar refractivity (Wildman–Crippen MR) is 57.9 cm³/mol. The Morgan fingerprint density at radius 3 is 2.21 bits per heavy atom. The Morgan fingerprint density at radius 1 is 1.29 bits per heavy atom. The quantitative estimate of drug-likeness (QED) is 0.747. The van der Waals surface area contributed by atoms with Crippen LogP contribution in [-0.2, 0) is 4.79 Å². The van der Waals surface area contributed by atoms with E-state index in [1.54, 1.807) is 0 Å². The van der Waals surface area contributed by atoms with Gasteiger partial charge >= 0.3 is 0 Å². The van der Waals surface area contributed by atoms with E-state index in [-0.39, 0.29) is 5.91 Å². The van der Waals surface area contributed by atoms with Crippen molar-refractivity contribution in [3.8, 4) is 0 Å². The van der Waals surface area contributed by atoms with Gasteiger partial charge in [-0.05, 0) is 33.7 Å². The first-order valence-corrected chi connectivity index (χ1v) is 5.49. The number of nitrogens with two attached hydrogens (primary N) is 1. The number of nitrogens with zero attached hydrogens (tertiary/aromatic N) is 1. The SMILES string of the molecule is CN(C1CCCCC1)C(C)(C)C(N)=O. The van der Waals surface area contributed by atoms with E-state index in [0.29, 0.717) is 6.04 Å². The highest BCUT2D eigenvalue weighted by Crippen LogP contribution is 2.26. The molecule has 0 aliphatic heterocycles. The molecule has 0 unspecified atom stereocenters. The van der Waals surface area contributed by atoms with E-state index in [9.17, 15) is 4.79 Å². The summed E-state index contributed by atoms with van der Waals surface area (Å²) in [6.45, 7) is 3.81. The molecule has 0 spiro atoms. The predicted octanol–water partition coefficient (Wildman–Crippen LogP) is 1.51. The summed E-state index contributed by atoms with van der Waals surface area (Å²) in [4.78, 5) is 13.4. The van der Waals surface area contributed by atoms with Gasteiger partial charge in [-0.2, -0.15) is 0 Å². The highest BCUT2D eigenvalue weighted by atomic mass is 16.1. The third kappa shape index (κ3) is 2.27. The van der Waals surface area contributed by atoms with E-state index in [1.165, 1.54) is 32.1 Å². The van der Waals surface area contributed by atoms with E-state index in [4.69, 9.17) is 5.73 Å². The summed E-state index contributed by atoms with van der Waals surface area (Å²) in [6, 6.07) is 0.534. The number of likely N-dealkylation sites (N-methyl/N-ethyl adjacent to an activating group) is 1. The molecule has 1 rings (SSSR count). The van der Waals surface area contributed by atoms with Gasteiger partial charge in [0.05, 0.1) is 5.54 Å². The van der Waals surface area contributed by atoms with Crippen LogP contribution in [0.4, 0.5) is 0 Å². The number of rotatable bonds is 3. The van der Waals surface area contributed by atoms with Gasteiger partial charge in [0.1, 0.15) is 0 Å². The van der Waals surface area contributed by atoms with Crippen molar-refractivity contribution in [1.29, 1.82) is 0 Å². The van der Waals surface area contributed by atoms with Gasteiger partial charge in [-0.15, -0.1) is 0 Å². The minimum atomic E-state index is -0.512. The van der Waals surface area contributed by atoms with Crippen molar-refractivity contribution in [1.82, 2.24) is 4.90 Å². The fourth-order valence-electron chi connectivity index (χ4n) is 2.10. The van der Waals surface area contributed by atoms with Crippen LogP contribution in [0.1, 0.15) is 46.0 Å². The van der Waals surface area contributed by atoms with Crippen molar-refractivity contribution in [2.45, 2.75) is 57.5 Å². The molecule has 0 radical (unpaired) electrons. The lowest BCUT2D eigenvalue weighted by Gasteiger charge is -2.40. The standard InChI is InChI=1S/C11H22N2O/c1-11(2,10(12)14)13(3)9-7-5-4-6-8-9/h9H,4-8H2,1-3H3,(H2,12,14). The zero-order valence-electron chi connectivity index (χ0n) is 9.55. The number of hydrogen-bond acceptors (Lipinski definition) is 2. The summed E-state index contributed by atoms with van der Waals surface area (Å²) >= 11 is 0. The molecule has 0 aromatic rings. The largest absolute Gasteiger partial charge is 0.368 e. The van der Waals surface area contributed by atoms with Gasteiger partial charge in [-0.3, -0.25) is 9.69 Å². The molecule has 1 fully saturated rings. The number of hydrogen-bond donors (Lipinski definition) is 1. The zero-order valence-corrected chi connectivity index (χ0v) is 9.55. The van der Waals surface area contributed by atoms with Crippen molar-refractivity contribution in [3.05, 3.63) is 0 Å². The number of carbonyl (C=O) groups is 1. The molecule has 1 saturated carbocycles. The second kappa shape index (κ2) is 4.30. The molecule has 2 N–H and O–H groups in total. The highest BCUT2D eigenvalue weighted by molar-refractivity contribution is 5.83. The first-order valence-electron chi connectivity index (χ1n) is 5.49. The van der Waals surface area contributed by atoms with E-state index in [1.807, 2.05) is 20.9 Å². The van der Waals surface area contributed by atoms with Crippen molar-refractivity contribution in [2.24, 2.45) is 5.73 Å². The topological polar surface area (TPSA) is 46.3 Å². The molecule has 0 bridgehead atoms. The maximum absolute atomic E-state index is 11.3. The van der Waals surface area contributed by atoms with Gasteiger partial charge < -0.3 is 5.73 Å². The van der Waals surface area contributed by atoms with Gasteiger partial charge in [-0.25, -0.2) is 0 Å². The van der Waals surface area contributed by atoms with E-state index < -0.39 is 5.54 Å². The van der Waals surface area contributed by atoms with E-state index >= 15 is 0 Å². The van der Waals surface area contributed by atoms with Crippen LogP contribution >= 0.6 is 0 Å². The van der Waals surface area contributed by atoms with Gasteiger partial charge in [-0.1, -0.05) is 19.3 Å². The van der Waals surface area contributed by atoms with Crippen LogP contribution in [0.25, 0.3) is 0 Å². The Bertz CT molecular complexity index is 207. The average Bonchev–Trinajstić information content (AvgIpc) is 2.17. The molecule has 3 nitrogen and oxygen atoms in total. The molecule has 0 aromatic carbocycles. The molecule has 14 heavy (non-hydrogen) atoms. The lowest BCUT2D eigenvalue weighted by atomic mass is 9.90. The maximum Gasteiger partial charge on any atom is 0.237 e. The Kier molecular flexibility index (Phi) is 3.53. The van der Waals surface area contributed by atoms with E-state index in [2.05, 4.69) is 4.90 Å². The lowest BCUT2D eigenvalue weighted by Crippen LogP contribution is -2.55. The summed E-state index contributed by atoms with van der Waals surface area (Å²) in [5.74, 6) is -0.231. The van der Waals surface area contributed by atoms with Crippen LogP contribution in [0.3, 0.4) is 0 Å². The van der Waals surface area contributed by atoms with Crippen LogP contribution in [0.15, 0.2) is 0 Å². The van der Waals surface area contributed by atoms with Gasteiger partial charge in [0.15, 0.2) is 0 Å². The Morgan fingerprint density at radius 2 is 1.79 bits per heavy atom. The molecule has 0 saturated heterocycles. The van der Waals surface area contributed by atoms with Crippen molar-refractivity contribution in [2.75, 3.05) is 7.05 Å². The maximum atomic E-state index is 11.3. The molecule has 0 heterocycles. The molecule has 1 amide bonds. The molecular weight excluding hydrogens is 176 g/mol. The summed E-state index contributed by atoms with van der Waals surface area (Å²) in [6.07, 6.45) is 6.30. The van der Waals surface area contributed by atoms with Crippen LogP contribution in [0.5, 0.6) is 0 Å². The Hall–Kier alpha value is -0.570. The molecule has 3 heteroatoms. The van der Waals surface area contributed by atoms with Crippen LogP contribution in [0.2, 0.25) is 0 Å². The van der Waals surface area contributed by atoms with Crippen molar-refractivity contribution < 1.29 is 4.79 Å². The fraction of sp³-hybridized carbons (Fsp3) is 0.909. The average molecular weight is 198 g/mol. The number of primary amides is 1. The number of carbonyl (C=O) groups excluding carboxylic acids is 1. The molecule has 1 aliphatic carbocycles. The number of amides is 1. The summed E-state index contributed by atoms with van der Waals surface area (Å²) in [5.41, 5.74) is 4.89. The smallest absolute Gasteiger partial charge is 0.237 e. The minimum Gasteiger partial charge on any atom is -0.368 e. The molecule has 0 aromatic heterocycles. The second-order valence-corrected chi connectivity index (χ2v) is 4.83. The minimum absolute atomic E-state index is 0.231.